The maximum atomic E-state index is 10.3. The minimum Gasteiger partial charge on any atom is -0.461 e. The summed E-state index contributed by atoms with van der Waals surface area (Å²) in [5.74, 6) is -0.370. The van der Waals surface area contributed by atoms with Crippen LogP contribution in [0.15, 0.2) is 12.7 Å². The number of likely N-dealkylation sites (N-methyl/N-ethyl adjacent to an activating group) is 1. The lowest BCUT2D eigenvalue weighted by atomic mass is 10.6. The van der Waals surface area contributed by atoms with E-state index in [1.807, 2.05) is 0 Å². The summed E-state index contributed by atoms with van der Waals surface area (Å²) in [7, 11) is -1.50. The van der Waals surface area contributed by atoms with Crippen molar-refractivity contribution < 1.29 is 26.7 Å². The van der Waals surface area contributed by atoms with E-state index >= 15 is 0 Å². The molecule has 0 aliphatic carbocycles. The lowest BCUT2D eigenvalue weighted by molar-refractivity contribution is -0.137. The van der Waals surface area contributed by atoms with E-state index in [2.05, 4.69) is 20.8 Å². The van der Waals surface area contributed by atoms with E-state index in [9.17, 15) is 13.2 Å². The second-order valence-electron chi connectivity index (χ2n) is 2.07. The van der Waals surface area contributed by atoms with Crippen molar-refractivity contribution in [2.45, 2.75) is 0 Å². The van der Waals surface area contributed by atoms with Gasteiger partial charge in [0.15, 0.2) is 0 Å². The standard InChI is InChI=1S/C6H11NO2.CH4O4S/c1-3-6(8)9-5-4-7-2;1-5-6(2,3)4/h3,7H,1,4-5H2,2H3;1H3,(H,2,3,4). The van der Waals surface area contributed by atoms with Crippen LogP contribution < -0.4 is 5.32 Å². The average Bonchev–Trinajstić information content (AvgIpc) is 2.18. The summed E-state index contributed by atoms with van der Waals surface area (Å²) in [6.07, 6.45) is 1.15. The summed E-state index contributed by atoms with van der Waals surface area (Å²) in [5.41, 5.74) is 0. The predicted molar refractivity (Wildman–Crippen MR) is 53.6 cm³/mol. The number of nitrogens with one attached hydrogen (secondary N) is 1. The second kappa shape index (κ2) is 9.59. The highest BCUT2D eigenvalue weighted by molar-refractivity contribution is 7.80. The van der Waals surface area contributed by atoms with E-state index in [0.717, 1.165) is 13.2 Å². The first-order valence-electron chi connectivity index (χ1n) is 3.84. The molecule has 0 bridgehead atoms. The molecule has 0 spiro atoms. The van der Waals surface area contributed by atoms with Gasteiger partial charge in [-0.1, -0.05) is 6.58 Å². The Morgan fingerprint density at radius 3 is 2.33 bits per heavy atom. The van der Waals surface area contributed by atoms with Crippen LogP contribution in [0.3, 0.4) is 0 Å². The van der Waals surface area contributed by atoms with Crippen molar-refractivity contribution in [3.05, 3.63) is 12.7 Å². The van der Waals surface area contributed by atoms with Gasteiger partial charge in [-0.05, 0) is 7.05 Å². The minimum atomic E-state index is -4.16. The fourth-order valence-corrected chi connectivity index (χ4v) is 0.313. The Bertz CT molecular complexity index is 273. The molecule has 0 aliphatic rings. The molecular formula is C7H15NO6S. The molecule has 0 unspecified atom stereocenters. The van der Waals surface area contributed by atoms with Gasteiger partial charge in [-0.3, -0.25) is 8.74 Å². The maximum Gasteiger partial charge on any atom is 0.397 e. The predicted octanol–water partition coefficient (Wildman–Crippen LogP) is -0.629. The summed E-state index contributed by atoms with van der Waals surface area (Å²) >= 11 is 0. The molecule has 0 aromatic rings. The van der Waals surface area contributed by atoms with E-state index in [4.69, 9.17) is 4.55 Å². The summed E-state index contributed by atoms with van der Waals surface area (Å²) in [6.45, 7) is 4.33. The number of carbonyl (C=O) groups is 1. The molecular weight excluding hydrogens is 226 g/mol. The van der Waals surface area contributed by atoms with Crippen LogP contribution in [0.2, 0.25) is 0 Å². The van der Waals surface area contributed by atoms with Crippen molar-refractivity contribution in [2.24, 2.45) is 0 Å². The normalized spacial score (nSPS) is 9.80. The Morgan fingerprint density at radius 2 is 2.07 bits per heavy atom. The zero-order valence-electron chi connectivity index (χ0n) is 8.60. The monoisotopic (exact) mass is 241 g/mol. The lowest BCUT2D eigenvalue weighted by Crippen LogP contribution is -2.16. The molecule has 0 saturated heterocycles. The van der Waals surface area contributed by atoms with E-state index in [-0.39, 0.29) is 5.97 Å². The number of carbonyl (C=O) groups excluding carboxylic acids is 1. The summed E-state index contributed by atoms with van der Waals surface area (Å²) in [6, 6.07) is 0. The van der Waals surface area contributed by atoms with Crippen LogP contribution >= 0.6 is 0 Å². The molecule has 0 rings (SSSR count). The molecule has 0 radical (unpaired) electrons. The smallest absolute Gasteiger partial charge is 0.397 e. The third-order valence-corrected chi connectivity index (χ3v) is 1.39. The van der Waals surface area contributed by atoms with Crippen molar-refractivity contribution in [1.29, 1.82) is 0 Å². The average molecular weight is 241 g/mol. The first-order chi connectivity index (χ1) is 6.87. The van der Waals surface area contributed by atoms with E-state index in [1.54, 1.807) is 7.05 Å². The van der Waals surface area contributed by atoms with Crippen LogP contribution in [0.4, 0.5) is 0 Å². The molecule has 0 aromatic carbocycles. The van der Waals surface area contributed by atoms with Crippen LogP contribution in [0.1, 0.15) is 0 Å². The van der Waals surface area contributed by atoms with E-state index in [0.29, 0.717) is 13.2 Å². The summed E-state index contributed by atoms with van der Waals surface area (Å²) < 4.78 is 34.3. The fraction of sp³-hybridized carbons (Fsp3) is 0.571. The van der Waals surface area contributed by atoms with Gasteiger partial charge in [0.2, 0.25) is 0 Å². The zero-order chi connectivity index (χ0) is 12.3. The van der Waals surface area contributed by atoms with E-state index < -0.39 is 10.4 Å². The molecule has 0 amide bonds. The number of hydrogen-bond acceptors (Lipinski definition) is 6. The largest absolute Gasteiger partial charge is 0.461 e. The molecule has 0 aliphatic heterocycles. The van der Waals surface area contributed by atoms with E-state index in [1.165, 1.54) is 0 Å². The zero-order valence-corrected chi connectivity index (χ0v) is 9.41. The number of esters is 1. The van der Waals surface area contributed by atoms with Gasteiger partial charge in [0.1, 0.15) is 6.61 Å². The van der Waals surface area contributed by atoms with Crippen molar-refractivity contribution in [3.8, 4) is 0 Å². The van der Waals surface area contributed by atoms with Crippen molar-refractivity contribution in [2.75, 3.05) is 27.3 Å². The van der Waals surface area contributed by atoms with Crippen LogP contribution in [-0.4, -0.2) is 46.2 Å². The topological polar surface area (TPSA) is 102 Å². The summed E-state index contributed by atoms with van der Waals surface area (Å²) in [5, 5.41) is 2.84. The Labute approximate surface area is 89.0 Å². The van der Waals surface area contributed by atoms with Gasteiger partial charge >= 0.3 is 16.4 Å². The number of rotatable bonds is 5. The highest BCUT2D eigenvalue weighted by Crippen LogP contribution is 1.76. The first kappa shape index (κ1) is 16.5. The molecule has 90 valence electrons. The van der Waals surface area contributed by atoms with Gasteiger partial charge in [-0.15, -0.1) is 0 Å². The highest BCUT2D eigenvalue weighted by Gasteiger charge is 1.94. The summed E-state index contributed by atoms with van der Waals surface area (Å²) in [4.78, 5) is 10.3. The van der Waals surface area contributed by atoms with Crippen LogP contribution in [0.5, 0.6) is 0 Å². The van der Waals surface area contributed by atoms with Gasteiger partial charge in [0.25, 0.3) is 0 Å². The van der Waals surface area contributed by atoms with Gasteiger partial charge in [-0.2, -0.15) is 8.42 Å². The van der Waals surface area contributed by atoms with Crippen LogP contribution in [0.25, 0.3) is 0 Å². The Hall–Kier alpha value is -0.960. The number of hydrogen-bond donors (Lipinski definition) is 2. The SMILES string of the molecule is C=CC(=O)OCCNC.COS(=O)(=O)O. The van der Waals surface area contributed by atoms with Gasteiger partial charge < -0.3 is 10.1 Å². The number of ether oxygens (including phenoxy) is 1. The van der Waals surface area contributed by atoms with Crippen LogP contribution in [-0.2, 0) is 24.1 Å². The first-order valence-corrected chi connectivity index (χ1v) is 5.20. The third kappa shape index (κ3) is 19.4. The van der Waals surface area contributed by atoms with Gasteiger partial charge in [0, 0.05) is 12.6 Å². The molecule has 0 atom stereocenters. The van der Waals surface area contributed by atoms with Crippen LogP contribution in [0, 0.1) is 0 Å². The highest BCUT2D eigenvalue weighted by atomic mass is 32.3. The minimum absolute atomic E-state index is 0.370. The van der Waals surface area contributed by atoms with Gasteiger partial charge in [0.05, 0.1) is 7.11 Å². The third-order valence-electron chi connectivity index (χ3n) is 0.974. The molecule has 7 nitrogen and oxygen atoms in total. The van der Waals surface area contributed by atoms with Crippen molar-refractivity contribution in [1.82, 2.24) is 5.32 Å². The fourth-order valence-electron chi connectivity index (χ4n) is 0.313. The molecule has 8 heteroatoms. The van der Waals surface area contributed by atoms with Gasteiger partial charge in [-0.25, -0.2) is 4.79 Å². The molecule has 0 fully saturated rings. The lowest BCUT2D eigenvalue weighted by Gasteiger charge is -1.98. The maximum absolute atomic E-state index is 10.3. The molecule has 2 N–H and O–H groups in total. The molecule has 0 aromatic heterocycles. The van der Waals surface area contributed by atoms with Crippen molar-refractivity contribution >= 4 is 16.4 Å². The quantitative estimate of drug-likeness (QED) is 0.286. The second-order valence-corrected chi connectivity index (χ2v) is 3.26. The molecule has 0 heterocycles. The van der Waals surface area contributed by atoms with Crippen molar-refractivity contribution in [3.63, 3.8) is 0 Å². The Balaban J connectivity index is 0. The Kier molecular flexibility index (Phi) is 10.5. The molecule has 15 heavy (non-hydrogen) atoms. The Morgan fingerprint density at radius 1 is 1.60 bits per heavy atom. The molecule has 0 saturated carbocycles.